The van der Waals surface area contributed by atoms with E-state index < -0.39 is 12.1 Å². The second kappa shape index (κ2) is 5.18. The van der Waals surface area contributed by atoms with Crippen LogP contribution in [0, 0.1) is 12.3 Å². The van der Waals surface area contributed by atoms with E-state index >= 15 is 0 Å². The van der Waals surface area contributed by atoms with Crippen LogP contribution in [0.4, 0.5) is 0 Å². The topological polar surface area (TPSA) is 46.5 Å². The van der Waals surface area contributed by atoms with Gasteiger partial charge in [0.15, 0.2) is 6.10 Å². The molecule has 0 aliphatic heterocycles. The molecule has 0 saturated carbocycles. The fraction of sp³-hybridized carbons (Fsp3) is 0.250. The maximum atomic E-state index is 10.9. The highest BCUT2D eigenvalue weighted by atomic mass is 16.5. The number of aliphatic hydroxyl groups is 1. The predicted molar refractivity (Wildman–Crippen MR) is 56.1 cm³/mol. The third-order valence-electron chi connectivity index (χ3n) is 2.02. The van der Waals surface area contributed by atoms with Crippen LogP contribution in [0.1, 0.15) is 11.1 Å². The number of hydrogen-bond donors (Lipinski definition) is 1. The van der Waals surface area contributed by atoms with E-state index in [0.29, 0.717) is 0 Å². The molecule has 0 saturated heterocycles. The lowest BCUT2D eigenvalue weighted by Crippen LogP contribution is -2.24. The van der Waals surface area contributed by atoms with E-state index in [2.05, 4.69) is 10.7 Å². The third-order valence-corrected chi connectivity index (χ3v) is 2.02. The summed E-state index contributed by atoms with van der Waals surface area (Å²) in [5.41, 5.74) is 1.61. The van der Waals surface area contributed by atoms with Crippen LogP contribution in [0.5, 0.6) is 0 Å². The molecule has 1 N–H and O–H groups in total. The van der Waals surface area contributed by atoms with Gasteiger partial charge in [-0.05, 0) is 17.7 Å². The molecule has 0 amide bonds. The summed E-state index contributed by atoms with van der Waals surface area (Å²) in [7, 11) is 1.24. The second-order valence-electron chi connectivity index (χ2n) is 3.08. The maximum absolute atomic E-state index is 10.9. The molecular weight excluding hydrogens is 192 g/mol. The summed E-state index contributed by atoms with van der Waals surface area (Å²) in [6.07, 6.45) is 4.31. The van der Waals surface area contributed by atoms with Gasteiger partial charge in [0.1, 0.15) is 0 Å². The zero-order valence-electron chi connectivity index (χ0n) is 8.43. The molecule has 0 aromatic heterocycles. The number of hydrogen-bond acceptors (Lipinski definition) is 3. The summed E-state index contributed by atoms with van der Waals surface area (Å²) in [4.78, 5) is 10.9. The molecule has 0 fully saturated rings. The number of rotatable bonds is 3. The van der Waals surface area contributed by atoms with Gasteiger partial charge in [0.05, 0.1) is 7.11 Å². The summed E-state index contributed by atoms with van der Waals surface area (Å²) in [6.45, 7) is 0. The molecule has 1 aromatic rings. The first-order chi connectivity index (χ1) is 7.17. The van der Waals surface area contributed by atoms with Gasteiger partial charge >= 0.3 is 5.97 Å². The molecule has 3 nitrogen and oxygen atoms in total. The molecular formula is C12H12O3. The predicted octanol–water partition coefficient (Wildman–Crippen LogP) is 0.744. The number of ether oxygens (including phenoxy) is 1. The number of terminal acetylenes is 1. The summed E-state index contributed by atoms with van der Waals surface area (Å²) >= 11 is 0. The third kappa shape index (κ3) is 3.12. The number of carbonyl (C=O) groups is 1. The molecule has 0 aliphatic carbocycles. The van der Waals surface area contributed by atoms with Crippen molar-refractivity contribution in [2.24, 2.45) is 0 Å². The van der Waals surface area contributed by atoms with Gasteiger partial charge < -0.3 is 9.84 Å². The van der Waals surface area contributed by atoms with E-state index in [1.165, 1.54) is 7.11 Å². The molecule has 3 heteroatoms. The van der Waals surface area contributed by atoms with Crippen LogP contribution in [-0.4, -0.2) is 24.3 Å². The maximum Gasteiger partial charge on any atom is 0.335 e. The van der Waals surface area contributed by atoms with Crippen molar-refractivity contribution in [1.82, 2.24) is 0 Å². The first-order valence-electron chi connectivity index (χ1n) is 4.49. The van der Waals surface area contributed by atoms with Crippen molar-refractivity contribution in [2.75, 3.05) is 7.11 Å². The van der Waals surface area contributed by atoms with Gasteiger partial charge in [0, 0.05) is 12.0 Å². The quantitative estimate of drug-likeness (QED) is 0.583. The molecule has 0 aliphatic rings. The largest absolute Gasteiger partial charge is 0.467 e. The molecule has 15 heavy (non-hydrogen) atoms. The first kappa shape index (κ1) is 11.3. The average Bonchev–Trinajstić information content (AvgIpc) is 2.29. The number of esters is 1. The van der Waals surface area contributed by atoms with E-state index in [0.717, 1.165) is 11.1 Å². The van der Waals surface area contributed by atoms with Crippen molar-refractivity contribution in [1.29, 1.82) is 0 Å². The Kier molecular flexibility index (Phi) is 3.90. The van der Waals surface area contributed by atoms with Crippen molar-refractivity contribution in [3.63, 3.8) is 0 Å². The molecule has 1 unspecified atom stereocenters. The van der Waals surface area contributed by atoms with Gasteiger partial charge in [-0.25, -0.2) is 4.79 Å². The average molecular weight is 204 g/mol. The van der Waals surface area contributed by atoms with Crippen molar-refractivity contribution in [3.05, 3.63) is 35.4 Å². The van der Waals surface area contributed by atoms with Crippen LogP contribution in [0.25, 0.3) is 0 Å². The van der Waals surface area contributed by atoms with E-state index in [1.54, 1.807) is 24.3 Å². The number of aliphatic hydroxyl groups excluding tert-OH is 1. The monoisotopic (exact) mass is 204 g/mol. The highest BCUT2D eigenvalue weighted by molar-refractivity contribution is 5.74. The molecule has 1 aromatic carbocycles. The Bertz CT molecular complexity index is 373. The summed E-state index contributed by atoms with van der Waals surface area (Å²) in [6, 6.07) is 7.08. The van der Waals surface area contributed by atoms with Gasteiger partial charge in [0.2, 0.25) is 0 Å². The molecule has 0 bridgehead atoms. The van der Waals surface area contributed by atoms with Crippen LogP contribution in [0.2, 0.25) is 0 Å². The minimum absolute atomic E-state index is 0.234. The van der Waals surface area contributed by atoms with Gasteiger partial charge in [-0.2, -0.15) is 0 Å². The lowest BCUT2D eigenvalue weighted by molar-refractivity contribution is -0.150. The first-order valence-corrected chi connectivity index (χ1v) is 4.49. The zero-order chi connectivity index (χ0) is 11.3. The highest BCUT2D eigenvalue weighted by Gasteiger charge is 2.15. The lowest BCUT2D eigenvalue weighted by atomic mass is 10.1. The Labute approximate surface area is 88.7 Å². The Morgan fingerprint density at radius 3 is 2.60 bits per heavy atom. The summed E-state index contributed by atoms with van der Waals surface area (Å²) < 4.78 is 4.41. The molecule has 1 rings (SSSR count). The number of benzene rings is 1. The van der Waals surface area contributed by atoms with Crippen LogP contribution < -0.4 is 0 Å². The van der Waals surface area contributed by atoms with Crippen molar-refractivity contribution in [2.45, 2.75) is 12.5 Å². The molecule has 1 atom stereocenters. The van der Waals surface area contributed by atoms with Gasteiger partial charge in [0.25, 0.3) is 0 Å². The summed E-state index contributed by atoms with van der Waals surface area (Å²) in [5.74, 6) is 1.86. The summed E-state index contributed by atoms with van der Waals surface area (Å²) in [5, 5.41) is 9.38. The van der Waals surface area contributed by atoms with Gasteiger partial charge in [-0.1, -0.05) is 18.1 Å². The van der Waals surface area contributed by atoms with Crippen molar-refractivity contribution >= 4 is 5.97 Å². The van der Waals surface area contributed by atoms with E-state index in [9.17, 15) is 9.90 Å². The number of methoxy groups -OCH3 is 1. The zero-order valence-corrected chi connectivity index (χ0v) is 8.43. The Morgan fingerprint density at radius 2 is 2.13 bits per heavy atom. The van der Waals surface area contributed by atoms with Crippen LogP contribution in [0.3, 0.4) is 0 Å². The van der Waals surface area contributed by atoms with E-state index in [1.807, 2.05) is 0 Å². The lowest BCUT2D eigenvalue weighted by Gasteiger charge is -2.07. The number of carbonyl (C=O) groups excluding carboxylic acids is 1. The Balaban J connectivity index is 2.66. The smallest absolute Gasteiger partial charge is 0.335 e. The van der Waals surface area contributed by atoms with Crippen LogP contribution in [0.15, 0.2) is 24.3 Å². The fourth-order valence-corrected chi connectivity index (χ4v) is 1.18. The fourth-order valence-electron chi connectivity index (χ4n) is 1.18. The Morgan fingerprint density at radius 1 is 1.53 bits per heavy atom. The molecule has 0 spiro atoms. The standard InChI is InChI=1S/C12H12O3/c1-3-9-4-6-10(7-5-9)8-11(13)12(14)15-2/h1,4-7,11,13H,8H2,2H3. The highest BCUT2D eigenvalue weighted by Crippen LogP contribution is 2.06. The van der Waals surface area contributed by atoms with Crippen molar-refractivity contribution < 1.29 is 14.6 Å². The Hall–Kier alpha value is -1.79. The minimum Gasteiger partial charge on any atom is -0.467 e. The van der Waals surface area contributed by atoms with Crippen molar-refractivity contribution in [3.8, 4) is 12.3 Å². The SMILES string of the molecule is C#Cc1ccc(CC(O)C(=O)OC)cc1. The van der Waals surface area contributed by atoms with Crippen LogP contribution >= 0.6 is 0 Å². The van der Waals surface area contributed by atoms with E-state index in [4.69, 9.17) is 6.42 Å². The second-order valence-corrected chi connectivity index (χ2v) is 3.08. The van der Waals surface area contributed by atoms with E-state index in [-0.39, 0.29) is 6.42 Å². The minimum atomic E-state index is -1.12. The molecule has 78 valence electrons. The molecule has 0 heterocycles. The normalized spacial score (nSPS) is 11.5. The van der Waals surface area contributed by atoms with Gasteiger partial charge in [-0.15, -0.1) is 6.42 Å². The van der Waals surface area contributed by atoms with Gasteiger partial charge in [-0.3, -0.25) is 0 Å². The molecule has 0 radical (unpaired) electrons. The van der Waals surface area contributed by atoms with Crippen LogP contribution in [-0.2, 0) is 16.0 Å².